The molecule has 0 aromatic heterocycles. The number of carbonyl (C=O) groups excluding carboxylic acids is 2. The average Bonchev–Trinajstić information content (AvgIpc) is 2.99. The second-order valence-electron chi connectivity index (χ2n) is 10.8. The first-order valence-electron chi connectivity index (χ1n) is 14.2. The number of hydrogen-bond donors (Lipinski definition) is 1. The van der Waals surface area contributed by atoms with Crippen LogP contribution in [-0.4, -0.2) is 43.8 Å². The highest BCUT2D eigenvalue weighted by Crippen LogP contribution is 2.27. The summed E-state index contributed by atoms with van der Waals surface area (Å²) in [6.07, 6.45) is 0.243. The van der Waals surface area contributed by atoms with Crippen LogP contribution in [0.1, 0.15) is 30.5 Å². The first kappa shape index (κ1) is 33.2. The second-order valence-corrected chi connectivity index (χ2v) is 14.0. The first-order chi connectivity index (χ1) is 20.9. The topological polar surface area (TPSA) is 86.8 Å². The molecule has 0 fully saturated rings. The third-order valence-corrected chi connectivity index (χ3v) is 9.54. The summed E-state index contributed by atoms with van der Waals surface area (Å²) < 4.78 is 30.1. The van der Waals surface area contributed by atoms with E-state index in [0.29, 0.717) is 5.02 Å². The van der Waals surface area contributed by atoms with Gasteiger partial charge in [0.15, 0.2) is 0 Å². The highest BCUT2D eigenvalue weighted by atomic mass is 79.9. The molecular formula is C34H35BrClN3O4S. The van der Waals surface area contributed by atoms with E-state index in [0.717, 1.165) is 25.5 Å². The lowest BCUT2D eigenvalue weighted by molar-refractivity contribution is -0.140. The number of anilines is 1. The minimum Gasteiger partial charge on any atom is -0.352 e. The minimum atomic E-state index is -4.18. The number of benzene rings is 4. The standard InChI is InChI=1S/C34H35BrClN3O4S/c1-24(2)37-34(41)32(21-26-7-5-4-6-8-26)38(22-27-11-13-28(35)14-12-27)33(40)23-39(30-17-15-29(36)16-18-30)44(42,43)31-19-9-25(3)10-20-31/h4-20,24,32H,21-23H2,1-3H3,(H,37,41). The zero-order valence-electron chi connectivity index (χ0n) is 24.8. The predicted molar refractivity (Wildman–Crippen MR) is 179 cm³/mol. The van der Waals surface area contributed by atoms with Gasteiger partial charge in [0.25, 0.3) is 10.0 Å². The molecule has 1 N–H and O–H groups in total. The largest absolute Gasteiger partial charge is 0.352 e. The van der Waals surface area contributed by atoms with E-state index in [9.17, 15) is 18.0 Å². The van der Waals surface area contributed by atoms with Crippen molar-refractivity contribution in [3.8, 4) is 0 Å². The molecule has 1 atom stereocenters. The van der Waals surface area contributed by atoms with Crippen LogP contribution >= 0.6 is 27.5 Å². The van der Waals surface area contributed by atoms with Gasteiger partial charge in [-0.25, -0.2) is 8.42 Å². The number of sulfonamides is 1. The Kier molecular flexibility index (Phi) is 11.2. The Morgan fingerprint density at radius 2 is 1.45 bits per heavy atom. The van der Waals surface area contributed by atoms with E-state index in [1.54, 1.807) is 36.4 Å². The van der Waals surface area contributed by atoms with Gasteiger partial charge in [-0.05, 0) is 80.4 Å². The van der Waals surface area contributed by atoms with Gasteiger partial charge in [-0.1, -0.05) is 87.7 Å². The van der Waals surface area contributed by atoms with Crippen molar-refractivity contribution < 1.29 is 18.0 Å². The quantitative estimate of drug-likeness (QED) is 0.177. The highest BCUT2D eigenvalue weighted by Gasteiger charge is 2.34. The van der Waals surface area contributed by atoms with E-state index < -0.39 is 28.5 Å². The SMILES string of the molecule is Cc1ccc(S(=O)(=O)N(CC(=O)N(Cc2ccc(Br)cc2)C(Cc2ccccc2)C(=O)NC(C)C)c2ccc(Cl)cc2)cc1. The van der Waals surface area contributed by atoms with Gasteiger partial charge in [0.2, 0.25) is 11.8 Å². The van der Waals surface area contributed by atoms with Gasteiger partial charge in [0.1, 0.15) is 12.6 Å². The molecule has 0 aliphatic rings. The molecule has 4 aromatic carbocycles. The van der Waals surface area contributed by atoms with Gasteiger partial charge in [-0.15, -0.1) is 0 Å². The van der Waals surface area contributed by atoms with Crippen LogP contribution in [0.2, 0.25) is 5.02 Å². The monoisotopic (exact) mass is 695 g/mol. The summed E-state index contributed by atoms with van der Waals surface area (Å²) in [5, 5.41) is 3.39. The first-order valence-corrected chi connectivity index (χ1v) is 16.8. The van der Waals surface area contributed by atoms with Gasteiger partial charge in [0.05, 0.1) is 10.6 Å². The Balaban J connectivity index is 1.79. The molecular weight excluding hydrogens is 662 g/mol. The van der Waals surface area contributed by atoms with Crippen LogP contribution in [0, 0.1) is 6.92 Å². The van der Waals surface area contributed by atoms with E-state index in [2.05, 4.69) is 21.2 Å². The number of hydrogen-bond acceptors (Lipinski definition) is 4. The fourth-order valence-electron chi connectivity index (χ4n) is 4.69. The molecule has 230 valence electrons. The van der Waals surface area contributed by atoms with Crippen molar-refractivity contribution in [3.05, 3.63) is 129 Å². The zero-order valence-corrected chi connectivity index (χ0v) is 27.9. The Bertz CT molecular complexity index is 1660. The predicted octanol–water partition coefficient (Wildman–Crippen LogP) is 6.77. The molecule has 44 heavy (non-hydrogen) atoms. The summed E-state index contributed by atoms with van der Waals surface area (Å²) in [6.45, 7) is 5.14. The van der Waals surface area contributed by atoms with E-state index in [1.807, 2.05) is 75.4 Å². The Morgan fingerprint density at radius 3 is 2.05 bits per heavy atom. The maximum atomic E-state index is 14.4. The molecule has 0 saturated heterocycles. The van der Waals surface area contributed by atoms with Crippen molar-refractivity contribution >= 4 is 55.1 Å². The normalized spacial score (nSPS) is 12.0. The van der Waals surface area contributed by atoms with E-state index >= 15 is 0 Å². The van der Waals surface area contributed by atoms with Crippen molar-refractivity contribution in [2.75, 3.05) is 10.8 Å². The lowest BCUT2D eigenvalue weighted by atomic mass is 10.0. The lowest BCUT2D eigenvalue weighted by Gasteiger charge is -2.34. The number of halogens is 2. The van der Waals surface area contributed by atoms with E-state index in [4.69, 9.17) is 11.6 Å². The van der Waals surface area contributed by atoms with Crippen molar-refractivity contribution in [2.45, 2.75) is 50.7 Å². The highest BCUT2D eigenvalue weighted by molar-refractivity contribution is 9.10. The zero-order chi connectivity index (χ0) is 31.9. The molecule has 0 spiro atoms. The molecule has 4 aromatic rings. The van der Waals surface area contributed by atoms with E-state index in [1.165, 1.54) is 17.0 Å². The van der Waals surface area contributed by atoms with Crippen molar-refractivity contribution in [1.82, 2.24) is 10.2 Å². The van der Waals surface area contributed by atoms with Gasteiger partial charge in [-0.2, -0.15) is 0 Å². The number of carbonyl (C=O) groups is 2. The minimum absolute atomic E-state index is 0.0451. The van der Waals surface area contributed by atoms with Gasteiger partial charge in [0, 0.05) is 28.5 Å². The molecule has 4 rings (SSSR count). The third kappa shape index (κ3) is 8.71. The molecule has 0 heterocycles. The van der Waals surface area contributed by atoms with Crippen LogP contribution in [0.5, 0.6) is 0 Å². The maximum absolute atomic E-state index is 14.4. The molecule has 0 radical (unpaired) electrons. The third-order valence-electron chi connectivity index (χ3n) is 6.97. The van der Waals surface area contributed by atoms with Crippen molar-refractivity contribution in [3.63, 3.8) is 0 Å². The van der Waals surface area contributed by atoms with Crippen molar-refractivity contribution in [2.24, 2.45) is 0 Å². The smallest absolute Gasteiger partial charge is 0.264 e. The number of rotatable bonds is 12. The molecule has 0 saturated carbocycles. The molecule has 7 nitrogen and oxygen atoms in total. The van der Waals surface area contributed by atoms with Crippen LogP contribution in [0.25, 0.3) is 0 Å². The lowest BCUT2D eigenvalue weighted by Crippen LogP contribution is -2.54. The average molecular weight is 697 g/mol. The molecule has 0 aliphatic heterocycles. The Hall–Kier alpha value is -3.66. The molecule has 1 unspecified atom stereocenters. The number of nitrogens with zero attached hydrogens (tertiary/aromatic N) is 2. The van der Waals surface area contributed by atoms with Gasteiger partial charge < -0.3 is 10.2 Å². The van der Waals surface area contributed by atoms with Crippen LogP contribution in [0.4, 0.5) is 5.69 Å². The number of aryl methyl sites for hydroxylation is 1. The van der Waals surface area contributed by atoms with E-state index in [-0.39, 0.29) is 35.5 Å². The summed E-state index contributed by atoms with van der Waals surface area (Å²) >= 11 is 9.58. The molecule has 0 aliphatic carbocycles. The van der Waals surface area contributed by atoms with Crippen LogP contribution in [-0.2, 0) is 32.6 Å². The van der Waals surface area contributed by atoms with Crippen LogP contribution in [0.15, 0.2) is 112 Å². The fraction of sp³-hybridized carbons (Fsp3) is 0.235. The van der Waals surface area contributed by atoms with Gasteiger partial charge >= 0.3 is 0 Å². The maximum Gasteiger partial charge on any atom is 0.264 e. The summed E-state index contributed by atoms with van der Waals surface area (Å²) in [5.41, 5.74) is 2.83. The molecule has 2 amide bonds. The van der Waals surface area contributed by atoms with Crippen LogP contribution < -0.4 is 9.62 Å². The summed E-state index contributed by atoms with van der Waals surface area (Å²) in [7, 11) is -4.18. The van der Waals surface area contributed by atoms with Crippen molar-refractivity contribution in [1.29, 1.82) is 0 Å². The summed E-state index contributed by atoms with van der Waals surface area (Å²) in [6, 6.07) is 28.6. The number of nitrogens with one attached hydrogen (secondary N) is 1. The fourth-order valence-corrected chi connectivity index (χ4v) is 6.50. The summed E-state index contributed by atoms with van der Waals surface area (Å²) in [5.74, 6) is -0.854. The molecule has 0 bridgehead atoms. The summed E-state index contributed by atoms with van der Waals surface area (Å²) in [4.78, 5) is 29.7. The molecule has 10 heteroatoms. The Morgan fingerprint density at radius 1 is 0.841 bits per heavy atom. The second kappa shape index (κ2) is 14.9. The Labute approximate surface area is 273 Å². The van der Waals surface area contributed by atoms with Crippen LogP contribution in [0.3, 0.4) is 0 Å². The van der Waals surface area contributed by atoms with Gasteiger partial charge in [-0.3, -0.25) is 13.9 Å². The number of amides is 2.